The summed E-state index contributed by atoms with van der Waals surface area (Å²) in [7, 11) is 3.28. The summed E-state index contributed by atoms with van der Waals surface area (Å²) in [6.07, 6.45) is 1.34. The second-order valence-electron chi connectivity index (χ2n) is 5.29. The van der Waals surface area contributed by atoms with Gasteiger partial charge in [0.05, 0.1) is 10.2 Å². The van der Waals surface area contributed by atoms with Gasteiger partial charge in [-0.1, -0.05) is 6.04 Å². The SMILES string of the molecule is [2H]c1c(C[C@H]2COC(=O)N2)c([2H])c2c(CC([2H])([2H])N(C)C)c[nH]c2c1[2H]. The zero-order valence-electron chi connectivity index (χ0n) is 17.0. The van der Waals surface area contributed by atoms with Crippen molar-refractivity contribution in [3.8, 4) is 0 Å². The Bertz CT molecular complexity index is 865. The number of nitrogens with zero attached hydrogens (tertiary/aromatic N) is 1. The van der Waals surface area contributed by atoms with Gasteiger partial charge in [-0.3, -0.25) is 0 Å². The van der Waals surface area contributed by atoms with Gasteiger partial charge in [-0.05, 0) is 50.1 Å². The maximum Gasteiger partial charge on any atom is 0.407 e. The molecule has 0 spiro atoms. The van der Waals surface area contributed by atoms with E-state index in [0.29, 0.717) is 22.0 Å². The molecule has 5 heteroatoms. The summed E-state index contributed by atoms with van der Waals surface area (Å²) in [6.45, 7) is -1.46. The first-order chi connectivity index (χ1) is 12.1. The Kier molecular flexibility index (Phi) is 2.50. The summed E-state index contributed by atoms with van der Waals surface area (Å²) in [5, 5.41) is 3.08. The van der Waals surface area contributed by atoms with E-state index in [4.69, 9.17) is 11.6 Å². The van der Waals surface area contributed by atoms with Gasteiger partial charge in [0, 0.05) is 26.3 Å². The number of aromatic amines is 1. The van der Waals surface area contributed by atoms with E-state index in [2.05, 4.69) is 10.3 Å². The minimum atomic E-state index is -1.61. The van der Waals surface area contributed by atoms with Crippen molar-refractivity contribution in [2.24, 2.45) is 0 Å². The lowest BCUT2D eigenvalue weighted by Crippen LogP contribution is -2.28. The van der Waals surface area contributed by atoms with Crippen molar-refractivity contribution in [2.45, 2.75) is 18.9 Å². The Morgan fingerprint density at radius 3 is 3.10 bits per heavy atom. The number of aromatic nitrogens is 1. The average Bonchev–Trinajstić information content (AvgIpc) is 3.15. The van der Waals surface area contributed by atoms with Crippen molar-refractivity contribution in [3.63, 3.8) is 0 Å². The van der Waals surface area contributed by atoms with Crippen LogP contribution in [0.2, 0.25) is 0 Å². The maximum absolute atomic E-state index is 11.2. The average molecular weight is 292 g/mol. The molecule has 1 aliphatic heterocycles. The number of amides is 1. The van der Waals surface area contributed by atoms with E-state index in [0.717, 1.165) is 0 Å². The van der Waals surface area contributed by atoms with Crippen LogP contribution >= 0.6 is 0 Å². The van der Waals surface area contributed by atoms with E-state index in [1.807, 2.05) is 0 Å². The molecule has 0 unspecified atom stereocenters. The summed E-state index contributed by atoms with van der Waals surface area (Å²) >= 11 is 0. The van der Waals surface area contributed by atoms with Gasteiger partial charge in [-0.2, -0.15) is 0 Å². The van der Waals surface area contributed by atoms with Crippen LogP contribution in [0.3, 0.4) is 0 Å². The van der Waals surface area contributed by atoms with Gasteiger partial charge in [0.25, 0.3) is 0 Å². The number of H-pyrrole nitrogens is 1. The maximum atomic E-state index is 11.2. The minimum Gasteiger partial charge on any atom is -0.447 e. The van der Waals surface area contributed by atoms with Crippen molar-refractivity contribution in [1.29, 1.82) is 0 Å². The lowest BCUT2D eigenvalue weighted by molar-refractivity contribution is 0.177. The first kappa shape index (κ1) is 9.10. The fourth-order valence-corrected chi connectivity index (χ4v) is 2.29. The van der Waals surface area contributed by atoms with Crippen LogP contribution in [-0.2, 0) is 17.6 Å². The van der Waals surface area contributed by atoms with Crippen LogP contribution in [0.1, 0.15) is 18.0 Å². The number of benzene rings is 1. The first-order valence-electron chi connectivity index (χ1n) is 9.31. The largest absolute Gasteiger partial charge is 0.447 e. The Morgan fingerprint density at radius 2 is 2.38 bits per heavy atom. The molecule has 5 nitrogen and oxygen atoms in total. The third-order valence-corrected chi connectivity index (χ3v) is 3.35. The quantitative estimate of drug-likeness (QED) is 0.885. The van der Waals surface area contributed by atoms with Crippen molar-refractivity contribution in [2.75, 3.05) is 27.2 Å². The van der Waals surface area contributed by atoms with Crippen molar-refractivity contribution < 1.29 is 16.4 Å². The van der Waals surface area contributed by atoms with E-state index in [-0.39, 0.29) is 43.6 Å². The molecule has 3 rings (SSSR count). The van der Waals surface area contributed by atoms with Crippen molar-refractivity contribution >= 4 is 17.0 Å². The van der Waals surface area contributed by atoms with E-state index >= 15 is 0 Å². The number of hydrogen-bond donors (Lipinski definition) is 2. The summed E-state index contributed by atoms with van der Waals surface area (Å²) in [6, 6.07) is -0.350. The highest BCUT2D eigenvalue weighted by atomic mass is 16.6. The molecule has 1 aliphatic rings. The number of alkyl carbamates (subject to hydrolysis) is 1. The first-order valence-corrected chi connectivity index (χ1v) is 6.81. The lowest BCUT2D eigenvalue weighted by Gasteiger charge is -2.09. The van der Waals surface area contributed by atoms with Gasteiger partial charge in [0.2, 0.25) is 0 Å². The number of rotatable bonds is 5. The number of carbonyl (C=O) groups excluding carboxylic acids is 1. The van der Waals surface area contributed by atoms with Crippen LogP contribution in [0.15, 0.2) is 24.3 Å². The Hall–Kier alpha value is -2.01. The molecule has 21 heavy (non-hydrogen) atoms. The highest BCUT2D eigenvalue weighted by Gasteiger charge is 2.22. The summed E-state index contributed by atoms with van der Waals surface area (Å²) in [5.74, 6) is 0. The molecule has 1 aromatic heterocycles. The van der Waals surface area contributed by atoms with Gasteiger partial charge in [0.15, 0.2) is 0 Å². The molecule has 1 atom stereocenters. The Labute approximate surface area is 131 Å². The van der Waals surface area contributed by atoms with Crippen LogP contribution in [-0.4, -0.2) is 49.2 Å². The number of likely N-dealkylation sites (N-methyl/N-ethyl adjacent to an activating group) is 1. The fraction of sp³-hybridized carbons (Fsp3) is 0.438. The van der Waals surface area contributed by atoms with Crippen LogP contribution in [0.25, 0.3) is 10.9 Å². The van der Waals surface area contributed by atoms with Gasteiger partial charge in [-0.15, -0.1) is 0 Å². The molecule has 2 heterocycles. The summed E-state index contributed by atoms with van der Waals surface area (Å²) in [5.41, 5.74) is 1.30. The van der Waals surface area contributed by atoms with Gasteiger partial charge < -0.3 is 19.9 Å². The molecular weight excluding hydrogens is 266 g/mol. The van der Waals surface area contributed by atoms with Crippen molar-refractivity contribution in [1.82, 2.24) is 15.2 Å². The smallest absolute Gasteiger partial charge is 0.407 e. The molecule has 0 radical (unpaired) electrons. The van der Waals surface area contributed by atoms with E-state index in [9.17, 15) is 4.79 Å². The predicted octanol–water partition coefficient (Wildman–Crippen LogP) is 1.92. The molecule has 112 valence electrons. The standard InChI is InChI=1S/C16H21N3O2/c1-19(2)6-5-12-9-17-15-4-3-11(8-14(12)15)7-13-10-21-16(20)18-13/h3-4,8-9,13,17H,5-7,10H2,1-2H3,(H,18,20)/t13-/m0/s1/i3D,4D,6D2,8D. The Morgan fingerprint density at radius 1 is 1.52 bits per heavy atom. The van der Waals surface area contributed by atoms with Gasteiger partial charge in [-0.25, -0.2) is 4.79 Å². The number of carbonyl (C=O) groups is 1. The normalized spacial score (nSPS) is 22.3. The van der Waals surface area contributed by atoms with Gasteiger partial charge in [0.1, 0.15) is 6.61 Å². The summed E-state index contributed by atoms with van der Waals surface area (Å²) < 4.78 is 46.1. The number of ether oxygens (including phenoxy) is 1. The van der Waals surface area contributed by atoms with E-state index in [1.165, 1.54) is 4.90 Å². The molecule has 2 aromatic rings. The topological polar surface area (TPSA) is 57.4 Å². The van der Waals surface area contributed by atoms with E-state index < -0.39 is 12.6 Å². The monoisotopic (exact) mass is 292 g/mol. The molecule has 1 aromatic carbocycles. The summed E-state index contributed by atoms with van der Waals surface area (Å²) in [4.78, 5) is 15.6. The number of fused-ring (bicyclic) bond motifs is 1. The third kappa shape index (κ3) is 3.19. The highest BCUT2D eigenvalue weighted by molar-refractivity contribution is 5.84. The molecular formula is C16H21N3O2. The number of hydrogen-bond acceptors (Lipinski definition) is 3. The molecule has 0 bridgehead atoms. The van der Waals surface area contributed by atoms with Crippen LogP contribution in [0.5, 0.6) is 0 Å². The molecule has 2 N–H and O–H groups in total. The highest BCUT2D eigenvalue weighted by Crippen LogP contribution is 2.21. The number of nitrogens with one attached hydrogen (secondary N) is 2. The number of cyclic esters (lactones) is 1. The minimum absolute atomic E-state index is 0.0343. The molecule has 1 fully saturated rings. The van der Waals surface area contributed by atoms with Crippen LogP contribution in [0, 0.1) is 0 Å². The zero-order chi connectivity index (χ0) is 19.2. The fourth-order valence-electron chi connectivity index (χ4n) is 2.29. The van der Waals surface area contributed by atoms with E-state index in [1.54, 1.807) is 20.3 Å². The van der Waals surface area contributed by atoms with Crippen molar-refractivity contribution in [3.05, 3.63) is 35.5 Å². The second kappa shape index (κ2) is 5.77. The van der Waals surface area contributed by atoms with Crippen LogP contribution < -0.4 is 5.32 Å². The van der Waals surface area contributed by atoms with Gasteiger partial charge >= 0.3 is 6.09 Å². The molecule has 1 amide bonds. The second-order valence-corrected chi connectivity index (χ2v) is 5.29. The number of aryl methyl sites for hydroxylation is 1. The molecule has 0 aliphatic carbocycles. The third-order valence-electron chi connectivity index (χ3n) is 3.35. The lowest BCUT2D eigenvalue weighted by atomic mass is 10.0. The molecule has 0 saturated carbocycles. The zero-order valence-corrected chi connectivity index (χ0v) is 12.0. The Balaban J connectivity index is 2.06. The van der Waals surface area contributed by atoms with Crippen LogP contribution in [0.4, 0.5) is 4.79 Å². The molecule has 1 saturated heterocycles. The predicted molar refractivity (Wildman–Crippen MR) is 82.5 cm³/mol.